The number of carboxylic acids is 2. The molecule has 1 saturated heterocycles. The Bertz CT molecular complexity index is 1390. The van der Waals surface area contributed by atoms with Crippen molar-refractivity contribution in [1.82, 2.24) is 4.90 Å². The minimum Gasteiger partial charge on any atom is -0.479 e. The SMILES string of the molecule is CC(=CC=CCC=C=CC=CC(C)C(OC1OC(C(=O)O)C(O)C(O)C1O)C(C)=CC(C)CCCC=CC(C)CC=CCCCN(C)C(=N)N)C(=O)O. The van der Waals surface area contributed by atoms with Crippen molar-refractivity contribution in [3.05, 3.63) is 89.8 Å². The predicted molar refractivity (Wildman–Crippen MR) is 208 cm³/mol. The second kappa shape index (κ2) is 25.9. The molecular weight excluding hydrogens is 678 g/mol. The zero-order valence-corrected chi connectivity index (χ0v) is 32.2. The lowest BCUT2D eigenvalue weighted by molar-refractivity contribution is -0.303. The zero-order chi connectivity index (χ0) is 39.9. The fourth-order valence-corrected chi connectivity index (χ4v) is 5.50. The van der Waals surface area contributed by atoms with E-state index in [1.165, 1.54) is 13.0 Å². The van der Waals surface area contributed by atoms with Gasteiger partial charge >= 0.3 is 11.9 Å². The molecule has 0 saturated carbocycles. The minimum atomic E-state index is -1.82. The van der Waals surface area contributed by atoms with Crippen molar-refractivity contribution in [2.24, 2.45) is 23.5 Å². The number of nitrogens with two attached hydrogens (primary N) is 1. The maximum atomic E-state index is 11.7. The van der Waals surface area contributed by atoms with Crippen molar-refractivity contribution in [3.63, 3.8) is 0 Å². The van der Waals surface area contributed by atoms with E-state index in [2.05, 4.69) is 50.0 Å². The number of carbonyl (C=O) groups is 2. The van der Waals surface area contributed by atoms with Crippen molar-refractivity contribution < 1.29 is 44.6 Å². The third-order valence-electron chi connectivity index (χ3n) is 8.81. The Kier molecular flexibility index (Phi) is 22.9. The molecule has 1 fully saturated rings. The van der Waals surface area contributed by atoms with Crippen LogP contribution in [0.4, 0.5) is 0 Å². The topological polar surface area (TPSA) is 207 Å². The molecule has 12 heteroatoms. The molecule has 0 spiro atoms. The molecule has 0 aromatic rings. The summed E-state index contributed by atoms with van der Waals surface area (Å²) in [4.78, 5) is 24.3. The number of hydrogen-bond donors (Lipinski definition) is 7. The average molecular weight is 742 g/mol. The second-order valence-corrected chi connectivity index (χ2v) is 13.8. The Morgan fingerprint density at radius 1 is 0.943 bits per heavy atom. The molecule has 1 rings (SSSR count). The molecule has 1 aliphatic heterocycles. The van der Waals surface area contributed by atoms with Crippen molar-refractivity contribution >= 4 is 17.9 Å². The third-order valence-corrected chi connectivity index (χ3v) is 8.81. The quantitative estimate of drug-likeness (QED) is 0.0130. The van der Waals surface area contributed by atoms with Crippen molar-refractivity contribution in [3.8, 4) is 0 Å². The van der Waals surface area contributed by atoms with Crippen LogP contribution in [-0.2, 0) is 19.1 Å². The number of rotatable bonds is 23. The summed E-state index contributed by atoms with van der Waals surface area (Å²) in [5, 5.41) is 57.0. The number of carboxylic acid groups (broad SMARTS) is 2. The summed E-state index contributed by atoms with van der Waals surface area (Å²) >= 11 is 0. The highest BCUT2D eigenvalue weighted by Crippen LogP contribution is 2.29. The van der Waals surface area contributed by atoms with Crippen LogP contribution in [0.15, 0.2) is 89.8 Å². The zero-order valence-electron chi connectivity index (χ0n) is 32.2. The molecule has 1 heterocycles. The number of ether oxygens (including phenoxy) is 2. The van der Waals surface area contributed by atoms with E-state index in [1.807, 2.05) is 33.0 Å². The summed E-state index contributed by atoms with van der Waals surface area (Å²) in [5.74, 6) is -2.02. The molecule has 0 amide bonds. The van der Waals surface area contributed by atoms with E-state index in [0.29, 0.717) is 12.3 Å². The Balaban J connectivity index is 2.88. The Labute approximate surface area is 315 Å². The highest BCUT2D eigenvalue weighted by atomic mass is 16.7. The van der Waals surface area contributed by atoms with Crippen molar-refractivity contribution in [1.29, 1.82) is 5.41 Å². The standard InChI is InChI=1S/C41H63N3O9/c1-28(21-15-12-13-20-26-44(6)41(42)43)22-16-14-17-23-29(2)27-32(5)36(52-40-35(47)33(45)34(46)37(53-40)39(50)51)30(3)24-18-10-8-7-9-11-19-25-31(4)38(48)49/h7,10-12,15-16,18-19,22,24-25,27-30,33-37,40,45-47H,9,13-14,17,20-21,23,26H2,1-6H3,(H3,42,43)(H,48,49)(H,50,51). The fourth-order valence-electron chi connectivity index (χ4n) is 5.50. The minimum absolute atomic E-state index is 0.0854. The van der Waals surface area contributed by atoms with Gasteiger partial charge in [-0.1, -0.05) is 81.5 Å². The first-order chi connectivity index (χ1) is 25.1. The molecule has 0 aliphatic carbocycles. The maximum Gasteiger partial charge on any atom is 0.335 e. The van der Waals surface area contributed by atoms with E-state index >= 15 is 0 Å². The van der Waals surface area contributed by atoms with Crippen LogP contribution >= 0.6 is 0 Å². The summed E-state index contributed by atoms with van der Waals surface area (Å²) in [7, 11) is 1.82. The van der Waals surface area contributed by atoms with Gasteiger partial charge in [0.1, 0.15) is 18.3 Å². The Morgan fingerprint density at radius 2 is 1.64 bits per heavy atom. The fraction of sp³-hybridized carbons (Fsp3) is 0.561. The van der Waals surface area contributed by atoms with Gasteiger partial charge in [-0.2, -0.15) is 0 Å². The molecule has 0 bridgehead atoms. The van der Waals surface area contributed by atoms with Crippen LogP contribution in [0.25, 0.3) is 0 Å². The summed E-state index contributed by atoms with van der Waals surface area (Å²) < 4.78 is 11.6. The van der Waals surface area contributed by atoms with E-state index < -0.39 is 48.7 Å². The average Bonchev–Trinajstić information content (AvgIpc) is 3.10. The van der Waals surface area contributed by atoms with E-state index in [0.717, 1.165) is 50.6 Å². The number of aliphatic hydroxyl groups excluding tert-OH is 3. The number of nitrogens with zero attached hydrogens (tertiary/aromatic N) is 1. The van der Waals surface area contributed by atoms with Crippen LogP contribution in [0.5, 0.6) is 0 Å². The molecule has 1 aliphatic rings. The Hall–Kier alpha value is -4.03. The maximum absolute atomic E-state index is 11.7. The van der Waals surface area contributed by atoms with Crippen LogP contribution in [0.2, 0.25) is 0 Å². The summed E-state index contributed by atoms with van der Waals surface area (Å²) in [6.07, 6.45) is 20.2. The predicted octanol–water partition coefficient (Wildman–Crippen LogP) is 5.64. The van der Waals surface area contributed by atoms with E-state index in [4.69, 9.17) is 25.7 Å². The van der Waals surface area contributed by atoms with Crippen LogP contribution in [0.1, 0.15) is 79.6 Å². The number of aliphatic carboxylic acids is 2. The molecule has 0 aromatic carbocycles. The molecular formula is C41H63N3O9. The number of hydrogen-bond acceptors (Lipinski definition) is 8. The van der Waals surface area contributed by atoms with E-state index in [1.54, 1.807) is 29.2 Å². The monoisotopic (exact) mass is 741 g/mol. The molecule has 296 valence electrons. The van der Waals surface area contributed by atoms with Crippen molar-refractivity contribution in [2.45, 2.75) is 116 Å². The molecule has 8 N–H and O–H groups in total. The normalized spacial score (nSPS) is 23.6. The summed E-state index contributed by atoms with van der Waals surface area (Å²) in [6, 6.07) is 0. The molecule has 53 heavy (non-hydrogen) atoms. The van der Waals surface area contributed by atoms with Crippen LogP contribution in [0, 0.1) is 23.2 Å². The number of unbranched alkanes of at least 4 members (excludes halogenated alkanes) is 2. The van der Waals surface area contributed by atoms with Crippen LogP contribution < -0.4 is 5.73 Å². The van der Waals surface area contributed by atoms with Crippen molar-refractivity contribution in [2.75, 3.05) is 13.6 Å². The van der Waals surface area contributed by atoms with Crippen LogP contribution in [0.3, 0.4) is 0 Å². The van der Waals surface area contributed by atoms with Gasteiger partial charge < -0.3 is 45.6 Å². The summed E-state index contributed by atoms with van der Waals surface area (Å²) in [6.45, 7) is 10.4. The number of aliphatic hydroxyl groups is 3. The largest absolute Gasteiger partial charge is 0.479 e. The van der Waals surface area contributed by atoms with E-state index in [9.17, 15) is 30.0 Å². The Morgan fingerprint density at radius 3 is 2.30 bits per heavy atom. The number of allylic oxidation sites excluding steroid dienone is 10. The smallest absolute Gasteiger partial charge is 0.335 e. The van der Waals surface area contributed by atoms with Crippen LogP contribution in [-0.4, -0.2) is 98.7 Å². The number of guanidine groups is 1. The summed E-state index contributed by atoms with van der Waals surface area (Å²) in [5.41, 5.74) is 9.59. The van der Waals surface area contributed by atoms with Gasteiger partial charge in [0.25, 0.3) is 0 Å². The molecule has 0 aromatic heterocycles. The van der Waals surface area contributed by atoms with Gasteiger partial charge in [-0.3, -0.25) is 5.41 Å². The third kappa shape index (κ3) is 19.0. The van der Waals surface area contributed by atoms with Gasteiger partial charge in [-0.05, 0) is 88.4 Å². The van der Waals surface area contributed by atoms with Gasteiger partial charge in [0.05, 0.1) is 6.10 Å². The van der Waals surface area contributed by atoms with Gasteiger partial charge in [-0.15, -0.1) is 5.73 Å². The van der Waals surface area contributed by atoms with Gasteiger partial charge in [-0.25, -0.2) is 9.59 Å². The number of nitrogens with one attached hydrogen (secondary N) is 1. The first-order valence-corrected chi connectivity index (χ1v) is 18.3. The van der Waals surface area contributed by atoms with Gasteiger partial charge in [0, 0.05) is 25.1 Å². The molecule has 9 unspecified atom stereocenters. The van der Waals surface area contributed by atoms with Gasteiger partial charge in [0.2, 0.25) is 0 Å². The molecule has 9 atom stereocenters. The second-order valence-electron chi connectivity index (χ2n) is 13.8. The molecule has 12 nitrogen and oxygen atoms in total. The molecule has 0 radical (unpaired) electrons. The lowest BCUT2D eigenvalue weighted by atomic mass is 9.92. The van der Waals surface area contributed by atoms with Gasteiger partial charge in [0.15, 0.2) is 18.4 Å². The lowest BCUT2D eigenvalue weighted by Gasteiger charge is -2.40. The first kappa shape index (κ1) is 47.0. The van der Waals surface area contributed by atoms with E-state index in [-0.39, 0.29) is 23.4 Å². The highest BCUT2D eigenvalue weighted by Gasteiger charge is 2.48. The lowest BCUT2D eigenvalue weighted by Crippen LogP contribution is -2.61. The first-order valence-electron chi connectivity index (χ1n) is 18.3. The highest BCUT2D eigenvalue weighted by molar-refractivity contribution is 5.86.